The molecule has 2 heterocycles. The van der Waals surface area contributed by atoms with Crippen LogP contribution in [0, 0.1) is 11.8 Å². The van der Waals surface area contributed by atoms with E-state index < -0.39 is 17.1 Å². The first-order chi connectivity index (χ1) is 14.9. The number of quaternary nitrogens is 1. The van der Waals surface area contributed by atoms with Gasteiger partial charge in [0.2, 0.25) is 0 Å². The van der Waals surface area contributed by atoms with Crippen molar-refractivity contribution in [2.24, 2.45) is 0 Å². The number of likely N-dealkylation sites (tertiary alicyclic amines) is 1. The summed E-state index contributed by atoms with van der Waals surface area (Å²) in [4.78, 5) is 12.9. The summed E-state index contributed by atoms with van der Waals surface area (Å²) < 4.78 is 6.75. The van der Waals surface area contributed by atoms with Crippen molar-refractivity contribution in [3.8, 4) is 23.3 Å². The van der Waals surface area contributed by atoms with Crippen molar-refractivity contribution in [2.45, 2.75) is 48.8 Å². The van der Waals surface area contributed by atoms with Crippen molar-refractivity contribution in [2.75, 3.05) is 20.1 Å². The Kier molecular flexibility index (Phi) is 3.74. The molecule has 2 N–H and O–H groups in total. The van der Waals surface area contributed by atoms with Gasteiger partial charge in [-0.05, 0) is 36.1 Å². The monoisotopic (exact) mass is 416 g/mol. The molecule has 2 aromatic carbocycles. The van der Waals surface area contributed by atoms with Crippen LogP contribution in [0.15, 0.2) is 42.5 Å². The van der Waals surface area contributed by atoms with E-state index in [1.807, 2.05) is 36.4 Å². The normalized spacial score (nSPS) is 36.8. The van der Waals surface area contributed by atoms with E-state index in [1.165, 1.54) is 0 Å². The molecule has 5 nitrogen and oxygen atoms in total. The molecular weight excluding hydrogens is 390 g/mol. The second kappa shape index (κ2) is 6.12. The molecule has 6 rings (SSSR count). The van der Waals surface area contributed by atoms with Gasteiger partial charge in [0.1, 0.15) is 18.2 Å². The first-order valence-electron chi connectivity index (χ1n) is 11.0. The number of piperidine rings is 1. The van der Waals surface area contributed by atoms with Gasteiger partial charge in [-0.3, -0.25) is 4.79 Å². The molecule has 2 aliphatic heterocycles. The third kappa shape index (κ3) is 2.27. The van der Waals surface area contributed by atoms with Gasteiger partial charge in [-0.2, -0.15) is 0 Å². The number of hydrogen-bond acceptors (Lipinski definition) is 4. The van der Waals surface area contributed by atoms with Gasteiger partial charge in [-0.1, -0.05) is 30.2 Å². The third-order valence-electron chi connectivity index (χ3n) is 8.35. The van der Waals surface area contributed by atoms with E-state index in [1.54, 1.807) is 6.07 Å². The predicted molar refractivity (Wildman–Crippen MR) is 115 cm³/mol. The molecule has 0 radical (unpaired) electrons. The topological polar surface area (TPSA) is 66.8 Å². The Labute approximate surface area is 181 Å². The average molecular weight is 416 g/mol. The maximum absolute atomic E-state index is 12.9. The van der Waals surface area contributed by atoms with Crippen molar-refractivity contribution in [3.63, 3.8) is 0 Å². The van der Waals surface area contributed by atoms with Crippen LogP contribution in [0.4, 0.5) is 0 Å². The molecule has 4 aliphatic rings. The van der Waals surface area contributed by atoms with Crippen molar-refractivity contribution in [1.82, 2.24) is 0 Å². The molecule has 158 valence electrons. The van der Waals surface area contributed by atoms with Gasteiger partial charge < -0.3 is 19.4 Å². The maximum atomic E-state index is 12.9. The zero-order valence-corrected chi connectivity index (χ0v) is 17.6. The molecule has 5 atom stereocenters. The van der Waals surface area contributed by atoms with Gasteiger partial charge in [-0.15, -0.1) is 0 Å². The highest BCUT2D eigenvalue weighted by molar-refractivity contribution is 5.90. The number of aromatic hydroxyl groups is 1. The Hall–Kier alpha value is -2.81. The van der Waals surface area contributed by atoms with Gasteiger partial charge >= 0.3 is 0 Å². The lowest BCUT2D eigenvalue weighted by Crippen LogP contribution is -2.80. The Balaban J connectivity index is 1.46. The molecule has 5 heteroatoms. The maximum Gasteiger partial charge on any atom is 0.174 e. The second-order valence-corrected chi connectivity index (χ2v) is 9.81. The molecule has 31 heavy (non-hydrogen) atoms. The fraction of sp³-hybridized carbons (Fsp3) is 0.423. The highest BCUT2D eigenvalue weighted by atomic mass is 16.5. The van der Waals surface area contributed by atoms with Gasteiger partial charge in [0.25, 0.3) is 0 Å². The van der Waals surface area contributed by atoms with E-state index >= 15 is 0 Å². The lowest BCUT2D eigenvalue weighted by Gasteiger charge is -2.63. The zero-order valence-electron chi connectivity index (χ0n) is 17.6. The quantitative estimate of drug-likeness (QED) is 0.553. The summed E-state index contributed by atoms with van der Waals surface area (Å²) in [6.45, 7) is 1.44. The first-order valence-corrected chi connectivity index (χ1v) is 11.0. The largest absolute Gasteiger partial charge is 0.504 e. The third-order valence-corrected chi connectivity index (χ3v) is 8.35. The van der Waals surface area contributed by atoms with Crippen LogP contribution in [-0.4, -0.2) is 58.4 Å². The summed E-state index contributed by atoms with van der Waals surface area (Å²) in [6.07, 6.45) is 1.36. The Bertz CT molecular complexity index is 1170. The van der Waals surface area contributed by atoms with Crippen LogP contribution in [0.3, 0.4) is 0 Å². The molecule has 2 unspecified atom stereocenters. The summed E-state index contributed by atoms with van der Waals surface area (Å²) >= 11 is 0. The molecular formula is C26H26NO4+. The number of likely N-dealkylation sites (N-methyl/N-ethyl adjacent to an activating group) is 1. The number of Topliss-reactive ketones (excluding diaryl/α,β-unsaturated/α-hetero) is 1. The molecule has 1 spiro atoms. The smallest absolute Gasteiger partial charge is 0.174 e. The number of carbonyl (C=O) groups is 1. The van der Waals surface area contributed by atoms with Gasteiger partial charge in [-0.25, -0.2) is 0 Å². The minimum atomic E-state index is -1.06. The number of phenolic OH excluding ortho intramolecular Hbond substituents is 1. The SMILES string of the molecule is C[N+]1(CC#Cc2ccccc2)CC[C@]23c4c5ccc(O)c4O[C@H]2C(=O)CC[C@@]3(O)C1C5. The Morgan fingerprint density at radius 3 is 2.81 bits per heavy atom. The molecule has 1 saturated carbocycles. The lowest BCUT2D eigenvalue weighted by molar-refractivity contribution is -0.942. The van der Waals surface area contributed by atoms with Crippen molar-refractivity contribution in [3.05, 3.63) is 59.2 Å². The predicted octanol–water partition coefficient (Wildman–Crippen LogP) is 2.31. The molecule has 0 amide bonds. The highest BCUT2D eigenvalue weighted by Gasteiger charge is 2.76. The number of rotatable bonds is 1. The number of benzene rings is 2. The van der Waals surface area contributed by atoms with E-state index in [-0.39, 0.29) is 17.6 Å². The summed E-state index contributed by atoms with van der Waals surface area (Å²) in [6, 6.07) is 13.5. The molecule has 1 saturated heterocycles. The molecule has 2 aliphatic carbocycles. The summed E-state index contributed by atoms with van der Waals surface area (Å²) in [7, 11) is 2.18. The average Bonchev–Trinajstić information content (AvgIpc) is 3.13. The number of ketones is 1. The standard InChI is InChI=1S/C26H25NO4/c1-27(14-5-8-17-6-3-2-4-7-17)15-13-25-22-18-9-10-19(28)23(22)31-24(25)20(29)11-12-26(25,30)21(27)16-18/h2-4,6-7,9-10,21,24,30H,11-16H2,1H3/p+1/t21?,24-,25-,26+,27?/m0/s1. The molecule has 2 aromatic rings. The minimum absolute atomic E-state index is 0.0341. The number of ether oxygens (including phenoxy) is 1. The number of aliphatic hydroxyl groups is 1. The van der Waals surface area contributed by atoms with Crippen LogP contribution in [0.2, 0.25) is 0 Å². The van der Waals surface area contributed by atoms with Crippen LogP contribution in [0.25, 0.3) is 0 Å². The number of hydrogen-bond donors (Lipinski definition) is 2. The van der Waals surface area contributed by atoms with Crippen LogP contribution in [0.5, 0.6) is 11.5 Å². The van der Waals surface area contributed by atoms with Gasteiger partial charge in [0.05, 0.1) is 19.0 Å². The highest BCUT2D eigenvalue weighted by Crippen LogP contribution is 2.65. The van der Waals surface area contributed by atoms with Crippen LogP contribution in [0.1, 0.15) is 36.0 Å². The van der Waals surface area contributed by atoms with Crippen molar-refractivity contribution >= 4 is 5.78 Å². The molecule has 0 aromatic heterocycles. The van der Waals surface area contributed by atoms with E-state index in [9.17, 15) is 15.0 Å². The van der Waals surface area contributed by atoms with E-state index in [2.05, 4.69) is 18.9 Å². The van der Waals surface area contributed by atoms with Gasteiger partial charge in [0.15, 0.2) is 23.4 Å². The Morgan fingerprint density at radius 2 is 2.00 bits per heavy atom. The lowest BCUT2D eigenvalue weighted by atomic mass is 9.48. The van der Waals surface area contributed by atoms with E-state index in [4.69, 9.17) is 4.74 Å². The second-order valence-electron chi connectivity index (χ2n) is 9.81. The van der Waals surface area contributed by atoms with E-state index in [0.717, 1.165) is 23.2 Å². The van der Waals surface area contributed by atoms with Crippen LogP contribution in [-0.2, 0) is 16.6 Å². The molecule has 2 fully saturated rings. The van der Waals surface area contributed by atoms with E-state index in [0.29, 0.717) is 42.5 Å². The fourth-order valence-electron chi connectivity index (χ4n) is 6.86. The first kappa shape index (κ1) is 18.9. The zero-order chi connectivity index (χ0) is 21.4. The number of carbonyl (C=O) groups excluding carboxylic acids is 1. The van der Waals surface area contributed by atoms with Crippen molar-refractivity contribution in [1.29, 1.82) is 0 Å². The van der Waals surface area contributed by atoms with Crippen LogP contribution >= 0.6 is 0 Å². The fourth-order valence-corrected chi connectivity index (χ4v) is 6.86. The summed E-state index contributed by atoms with van der Waals surface area (Å²) in [5.74, 6) is 7.14. The van der Waals surface area contributed by atoms with Crippen LogP contribution < -0.4 is 4.74 Å². The minimum Gasteiger partial charge on any atom is -0.504 e. The van der Waals surface area contributed by atoms with Gasteiger partial charge in [0, 0.05) is 30.4 Å². The van der Waals surface area contributed by atoms with Crippen molar-refractivity contribution < 1.29 is 24.2 Å². The number of nitrogens with zero attached hydrogens (tertiary/aromatic N) is 1. The molecule has 2 bridgehead atoms. The summed E-state index contributed by atoms with van der Waals surface area (Å²) in [5, 5.41) is 22.8. The number of phenols is 1. The summed E-state index contributed by atoms with van der Waals surface area (Å²) in [5.41, 5.74) is 1.13. The Morgan fingerprint density at radius 1 is 1.19 bits per heavy atom.